The topological polar surface area (TPSA) is 16.3 Å². The van der Waals surface area contributed by atoms with Crippen LogP contribution in [0.25, 0.3) is 99.5 Å². The molecule has 1 unspecified atom stereocenters. The number of benzene rings is 13. The first kappa shape index (κ1) is 65.9. The molecule has 15 aromatic rings. The summed E-state index contributed by atoms with van der Waals surface area (Å²) in [5, 5.41) is 4.99. The van der Waals surface area contributed by atoms with Crippen molar-refractivity contribution >= 4 is 101 Å². The molecule has 0 saturated heterocycles. The van der Waals surface area contributed by atoms with Crippen molar-refractivity contribution in [3.8, 4) is 55.9 Å². The smallest absolute Gasteiger partial charge is 0.252 e. The van der Waals surface area contributed by atoms with Crippen LogP contribution in [0.3, 0.4) is 0 Å². The molecule has 19 rings (SSSR count). The standard InChI is InChI=1S/C101H93BN4/c1-98(2,3)70-35-27-33-66(53-70)83-59-73(101(10,11)12)60-84(67-34-28-36-71(54-67)99(4,5)6)97(83)106-92-62-75(104-89-43-25-21-39-78(89)79-40-22-26-44-90(79)104)48-50-86(92)102-85-49-47-74(103-87-41-23-19-37-76(87)77-38-20-24-42-88(77)103)61-91(85)105(93-55-69(56-94(106)95(93)102)80-52-63-45-46-68(80)51-63)96-81(64-29-15-13-16-30-64)57-72(100(7,8)9)58-82(96)65-31-17-14-18-32-65/h13-44,47-50,53-63,68,80H,45-46,51-52H2,1-12H3/t63-,68+,80?/m0/s1. The van der Waals surface area contributed by atoms with Gasteiger partial charge in [0.25, 0.3) is 6.71 Å². The van der Waals surface area contributed by atoms with Gasteiger partial charge >= 0.3 is 0 Å². The predicted octanol–water partition coefficient (Wildman–Crippen LogP) is 25.7. The van der Waals surface area contributed by atoms with Gasteiger partial charge in [-0.25, -0.2) is 0 Å². The van der Waals surface area contributed by atoms with Crippen LogP contribution >= 0.6 is 0 Å². The van der Waals surface area contributed by atoms with Crippen LogP contribution in [0.1, 0.15) is 143 Å². The van der Waals surface area contributed by atoms with Gasteiger partial charge in [0.1, 0.15) is 0 Å². The van der Waals surface area contributed by atoms with Crippen molar-refractivity contribution in [3.63, 3.8) is 0 Å². The Morgan fingerprint density at radius 3 is 1.02 bits per heavy atom. The fraction of sp³-hybridized carbons (Fsp3) is 0.228. The highest BCUT2D eigenvalue weighted by molar-refractivity contribution is 7.00. The summed E-state index contributed by atoms with van der Waals surface area (Å²) in [5.74, 6) is 1.67. The molecule has 106 heavy (non-hydrogen) atoms. The van der Waals surface area contributed by atoms with Crippen molar-refractivity contribution in [2.24, 2.45) is 11.8 Å². The number of nitrogens with zero attached hydrogens (tertiary/aromatic N) is 4. The van der Waals surface area contributed by atoms with Crippen LogP contribution < -0.4 is 26.2 Å². The first-order valence-corrected chi connectivity index (χ1v) is 38.8. The van der Waals surface area contributed by atoms with Crippen molar-refractivity contribution < 1.29 is 0 Å². The highest BCUT2D eigenvalue weighted by Crippen LogP contribution is 2.59. The minimum absolute atomic E-state index is 0.113. The second kappa shape index (κ2) is 24.3. The quantitative estimate of drug-likeness (QED) is 0.134. The first-order chi connectivity index (χ1) is 51.1. The molecule has 4 heterocycles. The zero-order chi connectivity index (χ0) is 72.4. The Bertz CT molecular complexity index is 5810. The summed E-state index contributed by atoms with van der Waals surface area (Å²) in [6.07, 6.45) is 5.04. The van der Waals surface area contributed by atoms with Crippen LogP contribution in [0, 0.1) is 11.8 Å². The Balaban J connectivity index is 1.02. The fourth-order valence-electron chi connectivity index (χ4n) is 19.1. The minimum atomic E-state index is -0.210. The molecule has 2 aliphatic heterocycles. The molecule has 3 atom stereocenters. The van der Waals surface area contributed by atoms with Gasteiger partial charge in [-0.3, -0.25) is 0 Å². The van der Waals surface area contributed by atoms with E-state index in [2.05, 4.69) is 381 Å². The van der Waals surface area contributed by atoms with E-state index in [-0.39, 0.29) is 28.4 Å². The van der Waals surface area contributed by atoms with Gasteiger partial charge < -0.3 is 18.9 Å². The fourth-order valence-corrected chi connectivity index (χ4v) is 19.1. The van der Waals surface area contributed by atoms with E-state index in [0.29, 0.717) is 17.8 Å². The molecule has 2 aromatic heterocycles. The Labute approximate surface area is 626 Å². The second-order valence-corrected chi connectivity index (χ2v) is 35.3. The molecule has 2 fully saturated rings. The predicted molar refractivity (Wildman–Crippen MR) is 454 cm³/mol. The molecule has 520 valence electrons. The summed E-state index contributed by atoms with van der Waals surface area (Å²) in [6.45, 7) is 28.3. The molecule has 0 spiro atoms. The van der Waals surface area contributed by atoms with Crippen molar-refractivity contribution in [1.82, 2.24) is 9.13 Å². The molecule has 0 radical (unpaired) electrons. The van der Waals surface area contributed by atoms with Gasteiger partial charge in [-0.15, -0.1) is 0 Å². The van der Waals surface area contributed by atoms with E-state index < -0.39 is 0 Å². The van der Waals surface area contributed by atoms with Crippen molar-refractivity contribution in [1.29, 1.82) is 0 Å². The van der Waals surface area contributed by atoms with Crippen molar-refractivity contribution in [2.45, 2.75) is 136 Å². The van der Waals surface area contributed by atoms with Gasteiger partial charge in [-0.2, -0.15) is 0 Å². The van der Waals surface area contributed by atoms with Crippen LogP contribution in [-0.2, 0) is 21.7 Å². The molecule has 4 nitrogen and oxygen atoms in total. The molecular formula is C101H93BN4. The van der Waals surface area contributed by atoms with E-state index >= 15 is 0 Å². The highest BCUT2D eigenvalue weighted by atomic mass is 15.2. The normalized spacial score (nSPS) is 16.4. The average molecular weight is 1370 g/mol. The maximum atomic E-state index is 2.85. The molecular weight excluding hydrogens is 1280 g/mol. The van der Waals surface area contributed by atoms with E-state index in [1.807, 2.05) is 0 Å². The lowest BCUT2D eigenvalue weighted by Gasteiger charge is -2.46. The minimum Gasteiger partial charge on any atom is -0.310 e. The number of rotatable bonds is 9. The van der Waals surface area contributed by atoms with Gasteiger partial charge in [-0.1, -0.05) is 284 Å². The van der Waals surface area contributed by atoms with Crippen LogP contribution in [-0.4, -0.2) is 15.8 Å². The number of hydrogen-bond acceptors (Lipinski definition) is 2. The number of hydrogen-bond donors (Lipinski definition) is 0. The number of para-hydroxylation sites is 4. The molecule has 4 aliphatic rings. The van der Waals surface area contributed by atoms with Crippen LogP contribution in [0.4, 0.5) is 34.1 Å². The van der Waals surface area contributed by atoms with Crippen molar-refractivity contribution in [3.05, 3.63) is 307 Å². The van der Waals surface area contributed by atoms with E-state index in [4.69, 9.17) is 0 Å². The molecule has 0 amide bonds. The highest BCUT2D eigenvalue weighted by Gasteiger charge is 2.48. The lowest BCUT2D eigenvalue weighted by atomic mass is 9.33. The van der Waals surface area contributed by atoms with E-state index in [1.165, 1.54) is 192 Å². The van der Waals surface area contributed by atoms with E-state index in [0.717, 1.165) is 11.4 Å². The third kappa shape index (κ3) is 10.7. The van der Waals surface area contributed by atoms with Gasteiger partial charge in [0.15, 0.2) is 0 Å². The van der Waals surface area contributed by atoms with Gasteiger partial charge in [-0.05, 0) is 210 Å². The zero-order valence-corrected chi connectivity index (χ0v) is 63.5. The number of fused-ring (bicyclic) bond motifs is 12. The lowest BCUT2D eigenvalue weighted by Crippen LogP contribution is -2.61. The van der Waals surface area contributed by atoms with Gasteiger partial charge in [0.2, 0.25) is 0 Å². The molecule has 2 aliphatic carbocycles. The Morgan fingerprint density at radius 1 is 0.302 bits per heavy atom. The summed E-state index contributed by atoms with van der Waals surface area (Å²) < 4.78 is 5.09. The molecule has 13 aromatic carbocycles. The Kier molecular flexibility index (Phi) is 15.1. The average Bonchev–Trinajstić information content (AvgIpc) is 0.891. The number of anilines is 6. The summed E-state index contributed by atoms with van der Waals surface area (Å²) in [7, 11) is 0. The first-order valence-electron chi connectivity index (χ1n) is 38.8. The van der Waals surface area contributed by atoms with E-state index in [9.17, 15) is 0 Å². The van der Waals surface area contributed by atoms with Crippen LogP contribution in [0.2, 0.25) is 0 Å². The monoisotopic (exact) mass is 1370 g/mol. The Hall–Kier alpha value is -10.9. The summed E-state index contributed by atoms with van der Waals surface area (Å²) in [6, 6.07) is 109. The zero-order valence-electron chi connectivity index (χ0n) is 63.5. The van der Waals surface area contributed by atoms with E-state index in [1.54, 1.807) is 0 Å². The SMILES string of the molecule is CC(C)(C)c1cccc(-c2cc(C(C)(C)C)cc(-c3cccc(C(C)(C)C)c3)c2N2c3cc(-n4c5ccccc5c5ccccc54)ccc3B3c4ccc(-n5c6ccccc6c6ccccc65)cc4N(c4c(-c5ccccc5)cc(C(C)(C)C)cc4-c4ccccc4)c4cc(C5C[C@H]6CC[C@@H]5C6)cc2c43)c1. The third-order valence-corrected chi connectivity index (χ3v) is 24.6. The molecule has 5 heteroatoms. The summed E-state index contributed by atoms with van der Waals surface area (Å²) in [5.41, 5.74) is 33.8. The van der Waals surface area contributed by atoms with Gasteiger partial charge in [0, 0.05) is 77.9 Å². The molecule has 2 bridgehead atoms. The second-order valence-electron chi connectivity index (χ2n) is 35.3. The van der Waals surface area contributed by atoms with Gasteiger partial charge in [0.05, 0.1) is 33.4 Å². The maximum Gasteiger partial charge on any atom is 0.252 e. The number of aromatic nitrogens is 2. The molecule has 0 N–H and O–H groups in total. The Morgan fingerprint density at radius 2 is 0.660 bits per heavy atom. The van der Waals surface area contributed by atoms with Crippen LogP contribution in [0.15, 0.2) is 279 Å². The molecule has 2 saturated carbocycles. The maximum absolute atomic E-state index is 2.85. The van der Waals surface area contributed by atoms with Crippen molar-refractivity contribution in [2.75, 3.05) is 9.80 Å². The third-order valence-electron chi connectivity index (χ3n) is 24.6. The van der Waals surface area contributed by atoms with Crippen LogP contribution in [0.5, 0.6) is 0 Å². The largest absolute Gasteiger partial charge is 0.310 e. The summed E-state index contributed by atoms with van der Waals surface area (Å²) >= 11 is 0. The summed E-state index contributed by atoms with van der Waals surface area (Å²) in [4.78, 5) is 5.66. The lowest BCUT2D eigenvalue weighted by molar-refractivity contribution is 0.420.